The molecular weight excluding hydrogens is 228 g/mol. The maximum atomic E-state index is 5.97. The SMILES string of the molecule is CCc1nc(Cc2ccccc2)sc1C(C)N. The summed E-state index contributed by atoms with van der Waals surface area (Å²) in [6.07, 6.45) is 1.87. The van der Waals surface area contributed by atoms with Gasteiger partial charge in [-0.3, -0.25) is 0 Å². The van der Waals surface area contributed by atoms with E-state index < -0.39 is 0 Å². The number of hydrogen-bond donors (Lipinski definition) is 1. The van der Waals surface area contributed by atoms with Gasteiger partial charge in [-0.1, -0.05) is 37.3 Å². The van der Waals surface area contributed by atoms with Crippen molar-refractivity contribution < 1.29 is 0 Å². The van der Waals surface area contributed by atoms with E-state index in [-0.39, 0.29) is 6.04 Å². The molecule has 2 aromatic rings. The molecule has 1 aromatic heterocycles. The van der Waals surface area contributed by atoms with Crippen molar-refractivity contribution in [2.75, 3.05) is 0 Å². The molecule has 0 radical (unpaired) electrons. The Balaban J connectivity index is 2.23. The van der Waals surface area contributed by atoms with Gasteiger partial charge in [0.05, 0.1) is 10.7 Å². The Kier molecular flexibility index (Phi) is 3.92. The van der Waals surface area contributed by atoms with Crippen molar-refractivity contribution in [3.05, 3.63) is 51.5 Å². The highest BCUT2D eigenvalue weighted by Crippen LogP contribution is 2.26. The molecule has 0 amide bonds. The third kappa shape index (κ3) is 2.93. The summed E-state index contributed by atoms with van der Waals surface area (Å²) in [5, 5.41) is 1.17. The average Bonchev–Trinajstić information content (AvgIpc) is 2.73. The second kappa shape index (κ2) is 5.43. The van der Waals surface area contributed by atoms with Crippen molar-refractivity contribution in [2.45, 2.75) is 32.7 Å². The summed E-state index contributed by atoms with van der Waals surface area (Å²) < 4.78 is 0. The van der Waals surface area contributed by atoms with E-state index in [9.17, 15) is 0 Å². The maximum absolute atomic E-state index is 5.97. The van der Waals surface area contributed by atoms with Gasteiger partial charge in [0.15, 0.2) is 0 Å². The van der Waals surface area contributed by atoms with Crippen molar-refractivity contribution in [3.63, 3.8) is 0 Å². The number of nitrogens with two attached hydrogens (primary N) is 1. The summed E-state index contributed by atoms with van der Waals surface area (Å²) in [6, 6.07) is 10.5. The fourth-order valence-corrected chi connectivity index (χ4v) is 3.01. The quantitative estimate of drug-likeness (QED) is 0.899. The molecule has 0 bridgehead atoms. The number of hydrogen-bond acceptors (Lipinski definition) is 3. The summed E-state index contributed by atoms with van der Waals surface area (Å²) in [5.41, 5.74) is 8.44. The van der Waals surface area contributed by atoms with Crippen molar-refractivity contribution in [3.8, 4) is 0 Å². The molecule has 0 aliphatic rings. The van der Waals surface area contributed by atoms with Gasteiger partial charge in [-0.2, -0.15) is 0 Å². The number of rotatable bonds is 4. The fourth-order valence-electron chi connectivity index (χ4n) is 1.87. The molecule has 3 heteroatoms. The number of aryl methyl sites for hydroxylation is 1. The monoisotopic (exact) mass is 246 g/mol. The normalized spacial score (nSPS) is 12.6. The van der Waals surface area contributed by atoms with Crippen LogP contribution in [-0.2, 0) is 12.8 Å². The van der Waals surface area contributed by atoms with E-state index in [1.165, 1.54) is 15.4 Å². The van der Waals surface area contributed by atoms with E-state index in [0.29, 0.717) is 0 Å². The summed E-state index contributed by atoms with van der Waals surface area (Å²) >= 11 is 1.75. The van der Waals surface area contributed by atoms with E-state index in [1.807, 2.05) is 13.0 Å². The van der Waals surface area contributed by atoms with Crippen LogP contribution in [0, 0.1) is 0 Å². The second-order valence-electron chi connectivity index (χ2n) is 4.22. The first kappa shape index (κ1) is 12.3. The van der Waals surface area contributed by atoms with Crippen LogP contribution in [-0.4, -0.2) is 4.98 Å². The lowest BCUT2D eigenvalue weighted by atomic mass is 10.1. The zero-order valence-electron chi connectivity index (χ0n) is 10.3. The van der Waals surface area contributed by atoms with Crippen LogP contribution in [0.3, 0.4) is 0 Å². The average molecular weight is 246 g/mol. The minimum absolute atomic E-state index is 0.0898. The van der Waals surface area contributed by atoms with Gasteiger partial charge >= 0.3 is 0 Å². The molecular formula is C14H18N2S. The van der Waals surface area contributed by atoms with Gasteiger partial charge in [0.1, 0.15) is 0 Å². The fraction of sp³-hybridized carbons (Fsp3) is 0.357. The van der Waals surface area contributed by atoms with Gasteiger partial charge in [0, 0.05) is 17.3 Å². The Morgan fingerprint density at radius 3 is 2.53 bits per heavy atom. The standard InChI is InChI=1S/C14H18N2S/c1-3-12-14(10(2)15)17-13(16-12)9-11-7-5-4-6-8-11/h4-8,10H,3,9,15H2,1-2H3. The number of nitrogens with zero attached hydrogens (tertiary/aromatic N) is 1. The van der Waals surface area contributed by atoms with Gasteiger partial charge in [0.2, 0.25) is 0 Å². The first-order chi connectivity index (χ1) is 8.20. The minimum atomic E-state index is 0.0898. The molecule has 0 saturated carbocycles. The van der Waals surface area contributed by atoms with Gasteiger partial charge < -0.3 is 5.73 Å². The first-order valence-corrected chi connectivity index (χ1v) is 6.80. The molecule has 1 heterocycles. The lowest BCUT2D eigenvalue weighted by Gasteiger charge is -2.01. The Labute approximate surface area is 107 Å². The van der Waals surface area contributed by atoms with Crippen LogP contribution in [0.4, 0.5) is 0 Å². The van der Waals surface area contributed by atoms with Gasteiger partial charge in [-0.05, 0) is 18.9 Å². The van der Waals surface area contributed by atoms with Crippen LogP contribution < -0.4 is 5.73 Å². The summed E-state index contributed by atoms with van der Waals surface area (Å²) in [6.45, 7) is 4.16. The van der Waals surface area contributed by atoms with Crippen LogP contribution in [0.25, 0.3) is 0 Å². The van der Waals surface area contributed by atoms with Crippen molar-refractivity contribution in [2.24, 2.45) is 5.73 Å². The molecule has 0 spiro atoms. The molecule has 0 fully saturated rings. The molecule has 1 aromatic carbocycles. The Morgan fingerprint density at radius 1 is 1.29 bits per heavy atom. The molecule has 17 heavy (non-hydrogen) atoms. The lowest BCUT2D eigenvalue weighted by molar-refractivity contribution is 0.812. The van der Waals surface area contributed by atoms with E-state index in [1.54, 1.807) is 11.3 Å². The first-order valence-electron chi connectivity index (χ1n) is 5.98. The van der Waals surface area contributed by atoms with Crippen LogP contribution >= 0.6 is 11.3 Å². The van der Waals surface area contributed by atoms with E-state index in [2.05, 4.69) is 36.2 Å². The second-order valence-corrected chi connectivity index (χ2v) is 5.34. The van der Waals surface area contributed by atoms with Gasteiger partial charge in [0.25, 0.3) is 0 Å². The molecule has 1 unspecified atom stereocenters. The highest BCUT2D eigenvalue weighted by molar-refractivity contribution is 7.11. The van der Waals surface area contributed by atoms with Gasteiger partial charge in [-0.25, -0.2) is 4.98 Å². The van der Waals surface area contributed by atoms with E-state index >= 15 is 0 Å². The minimum Gasteiger partial charge on any atom is -0.323 e. The summed E-state index contributed by atoms with van der Waals surface area (Å²) in [4.78, 5) is 5.92. The molecule has 0 aliphatic carbocycles. The molecule has 2 rings (SSSR count). The third-order valence-electron chi connectivity index (χ3n) is 2.72. The predicted molar refractivity (Wildman–Crippen MR) is 73.3 cm³/mol. The topological polar surface area (TPSA) is 38.9 Å². The predicted octanol–water partition coefficient (Wildman–Crippen LogP) is 3.32. The zero-order valence-corrected chi connectivity index (χ0v) is 11.1. The highest BCUT2D eigenvalue weighted by Gasteiger charge is 2.13. The molecule has 1 atom stereocenters. The molecule has 2 nitrogen and oxygen atoms in total. The molecule has 90 valence electrons. The van der Waals surface area contributed by atoms with Gasteiger partial charge in [-0.15, -0.1) is 11.3 Å². The third-order valence-corrected chi connectivity index (χ3v) is 4.02. The largest absolute Gasteiger partial charge is 0.323 e. The van der Waals surface area contributed by atoms with Crippen LogP contribution in [0.5, 0.6) is 0 Å². The molecule has 0 saturated heterocycles. The lowest BCUT2D eigenvalue weighted by Crippen LogP contribution is -2.05. The Morgan fingerprint density at radius 2 is 2.00 bits per heavy atom. The van der Waals surface area contributed by atoms with Crippen LogP contribution in [0.1, 0.15) is 41.0 Å². The smallest absolute Gasteiger partial charge is 0.0975 e. The number of thiazole rings is 1. The Hall–Kier alpha value is -1.19. The summed E-state index contributed by atoms with van der Waals surface area (Å²) in [5.74, 6) is 0. The number of aromatic nitrogens is 1. The molecule has 0 aliphatic heterocycles. The van der Waals surface area contributed by atoms with Crippen molar-refractivity contribution in [1.29, 1.82) is 0 Å². The van der Waals surface area contributed by atoms with Crippen LogP contribution in [0.15, 0.2) is 30.3 Å². The number of benzene rings is 1. The van der Waals surface area contributed by atoms with Crippen molar-refractivity contribution >= 4 is 11.3 Å². The Bertz CT molecular complexity index is 474. The van der Waals surface area contributed by atoms with E-state index in [0.717, 1.165) is 18.5 Å². The maximum Gasteiger partial charge on any atom is 0.0975 e. The summed E-state index contributed by atoms with van der Waals surface area (Å²) in [7, 11) is 0. The molecule has 2 N–H and O–H groups in total. The van der Waals surface area contributed by atoms with Crippen LogP contribution in [0.2, 0.25) is 0 Å². The zero-order chi connectivity index (χ0) is 12.3. The van der Waals surface area contributed by atoms with Crippen molar-refractivity contribution in [1.82, 2.24) is 4.98 Å². The van der Waals surface area contributed by atoms with E-state index in [4.69, 9.17) is 5.73 Å². The highest BCUT2D eigenvalue weighted by atomic mass is 32.1.